The number of aliphatic carboxylic acids is 2. The highest BCUT2D eigenvalue weighted by Gasteiger charge is 2.51. The molecule has 120 valence electrons. The summed E-state index contributed by atoms with van der Waals surface area (Å²) < 4.78 is 4.88. The van der Waals surface area contributed by atoms with Crippen LogP contribution in [0.3, 0.4) is 0 Å². The highest BCUT2D eigenvalue weighted by Crippen LogP contribution is 2.39. The molecule has 1 unspecified atom stereocenters. The third kappa shape index (κ3) is 3.07. The molecule has 1 amide bonds. The highest BCUT2D eigenvalue weighted by molar-refractivity contribution is 8.00. The number of nitrogens with zero attached hydrogens (tertiary/aromatic N) is 1. The van der Waals surface area contributed by atoms with E-state index in [-0.39, 0.29) is 36.5 Å². The average Bonchev–Trinajstić information content (AvgIpc) is 2.48. The molecular formula is C12H14N2O7S. The first-order chi connectivity index (χ1) is 10.3. The van der Waals surface area contributed by atoms with Crippen molar-refractivity contribution in [3.05, 3.63) is 11.3 Å². The van der Waals surface area contributed by atoms with Gasteiger partial charge in [0.25, 0.3) is 0 Å². The second-order valence-electron chi connectivity index (χ2n) is 4.75. The molecule has 0 aliphatic carbocycles. The van der Waals surface area contributed by atoms with Gasteiger partial charge in [-0.1, -0.05) is 0 Å². The number of carboxylic acids is 2. The number of carboxylic acid groups (broad SMARTS) is 2. The highest BCUT2D eigenvalue weighted by atomic mass is 32.2. The zero-order valence-corrected chi connectivity index (χ0v) is 12.2. The Hall–Kier alpha value is -2.07. The molecule has 0 bridgehead atoms. The van der Waals surface area contributed by atoms with E-state index in [9.17, 15) is 24.3 Å². The molecule has 10 heteroatoms. The van der Waals surface area contributed by atoms with Gasteiger partial charge in [0.15, 0.2) is 0 Å². The van der Waals surface area contributed by atoms with E-state index in [1.54, 1.807) is 0 Å². The molecule has 2 rings (SSSR count). The topological polar surface area (TPSA) is 147 Å². The van der Waals surface area contributed by atoms with Gasteiger partial charge >= 0.3 is 17.9 Å². The summed E-state index contributed by atoms with van der Waals surface area (Å²) in [6, 6.07) is -0.723. The lowest BCUT2D eigenvalue weighted by molar-refractivity contribution is -0.149. The summed E-state index contributed by atoms with van der Waals surface area (Å²) in [6.07, 6.45) is -0.658. The molecule has 9 nitrogen and oxygen atoms in total. The van der Waals surface area contributed by atoms with Crippen LogP contribution < -0.4 is 5.73 Å². The number of ether oxygens (including phenoxy) is 1. The van der Waals surface area contributed by atoms with Crippen LogP contribution in [0.2, 0.25) is 0 Å². The largest absolute Gasteiger partial charge is 0.481 e. The molecule has 2 atom stereocenters. The number of esters is 1. The molecule has 2 aliphatic rings. The molecule has 0 aromatic heterocycles. The standard InChI is InChI=1S/C12H14N2O7S/c13-8-10(18)14-9(12(19)20)5(4-22-11(8)14)3-21-7(17)2-1-6(15)16/h8,11H,1-4,13H2,(H,15,16)(H,19,20)/t8?,11-/m0/s1. The van der Waals surface area contributed by atoms with Crippen LogP contribution in [-0.4, -0.2) is 62.7 Å². The summed E-state index contributed by atoms with van der Waals surface area (Å²) in [5.74, 6) is -3.36. The van der Waals surface area contributed by atoms with Crippen LogP contribution in [0.1, 0.15) is 12.8 Å². The second-order valence-corrected chi connectivity index (χ2v) is 5.85. The predicted octanol–water partition coefficient (Wildman–Crippen LogP) is -1.02. The van der Waals surface area contributed by atoms with Gasteiger partial charge in [0.05, 0.1) is 12.8 Å². The van der Waals surface area contributed by atoms with Crippen molar-refractivity contribution >= 4 is 35.6 Å². The molecule has 22 heavy (non-hydrogen) atoms. The molecule has 0 spiro atoms. The monoisotopic (exact) mass is 330 g/mol. The maximum absolute atomic E-state index is 11.7. The number of nitrogens with two attached hydrogens (primary N) is 1. The van der Waals surface area contributed by atoms with Crippen molar-refractivity contribution in [3.8, 4) is 0 Å². The number of fused-ring (bicyclic) bond motifs is 1. The summed E-state index contributed by atoms with van der Waals surface area (Å²) in [5, 5.41) is 17.3. The molecule has 1 fully saturated rings. The van der Waals surface area contributed by atoms with E-state index in [1.165, 1.54) is 11.8 Å². The Balaban J connectivity index is 2.04. The minimum atomic E-state index is -1.29. The van der Waals surface area contributed by atoms with Crippen LogP contribution in [0, 0.1) is 0 Å². The van der Waals surface area contributed by atoms with Crippen LogP contribution in [0.15, 0.2) is 11.3 Å². The molecular weight excluding hydrogens is 316 g/mol. The zero-order chi connectivity index (χ0) is 16.4. The van der Waals surface area contributed by atoms with Crippen LogP contribution in [0.5, 0.6) is 0 Å². The van der Waals surface area contributed by atoms with E-state index >= 15 is 0 Å². The smallest absolute Gasteiger partial charge is 0.352 e. The van der Waals surface area contributed by atoms with E-state index in [4.69, 9.17) is 15.6 Å². The van der Waals surface area contributed by atoms with Gasteiger partial charge in [-0.05, 0) is 0 Å². The normalized spacial score (nSPS) is 23.7. The SMILES string of the molecule is NC1C(=O)N2C(C(=O)O)=C(COC(=O)CCC(=O)O)CS[C@@H]12. The molecule has 0 radical (unpaired) electrons. The van der Waals surface area contributed by atoms with Gasteiger partial charge in [0.2, 0.25) is 5.91 Å². The molecule has 0 aromatic carbocycles. The maximum atomic E-state index is 11.7. The van der Waals surface area contributed by atoms with Gasteiger partial charge in [-0.2, -0.15) is 0 Å². The number of carbonyl (C=O) groups excluding carboxylic acids is 2. The maximum Gasteiger partial charge on any atom is 0.352 e. The van der Waals surface area contributed by atoms with Gasteiger partial charge in [-0.15, -0.1) is 11.8 Å². The summed E-state index contributed by atoms with van der Waals surface area (Å²) >= 11 is 1.30. The number of hydrogen-bond acceptors (Lipinski definition) is 7. The number of hydrogen-bond donors (Lipinski definition) is 3. The zero-order valence-electron chi connectivity index (χ0n) is 11.4. The van der Waals surface area contributed by atoms with Crippen molar-refractivity contribution in [2.45, 2.75) is 24.3 Å². The van der Waals surface area contributed by atoms with Crippen molar-refractivity contribution in [2.24, 2.45) is 5.73 Å². The predicted molar refractivity (Wildman–Crippen MR) is 73.6 cm³/mol. The van der Waals surface area contributed by atoms with Crippen LogP contribution in [0.25, 0.3) is 0 Å². The lowest BCUT2D eigenvalue weighted by Gasteiger charge is -2.47. The fraction of sp³-hybridized carbons (Fsp3) is 0.500. The van der Waals surface area contributed by atoms with Crippen LogP contribution in [0.4, 0.5) is 0 Å². The molecule has 0 aromatic rings. The van der Waals surface area contributed by atoms with E-state index in [0.717, 1.165) is 4.90 Å². The number of amides is 1. The van der Waals surface area contributed by atoms with E-state index in [0.29, 0.717) is 0 Å². The Morgan fingerprint density at radius 2 is 2.00 bits per heavy atom. The summed E-state index contributed by atoms with van der Waals surface area (Å²) in [4.78, 5) is 45.9. The number of rotatable bonds is 6. The summed E-state index contributed by atoms with van der Waals surface area (Å²) in [6.45, 7) is -0.293. The van der Waals surface area contributed by atoms with Gasteiger partial charge in [-0.25, -0.2) is 4.79 Å². The Morgan fingerprint density at radius 3 is 2.59 bits per heavy atom. The first-order valence-electron chi connectivity index (χ1n) is 6.36. The van der Waals surface area contributed by atoms with E-state index in [1.807, 2.05) is 0 Å². The molecule has 1 saturated heterocycles. The van der Waals surface area contributed by atoms with Crippen molar-refractivity contribution in [3.63, 3.8) is 0 Å². The molecule has 4 N–H and O–H groups in total. The van der Waals surface area contributed by atoms with E-state index < -0.39 is 35.2 Å². The lowest BCUT2D eigenvalue weighted by Crippen LogP contribution is -2.68. The van der Waals surface area contributed by atoms with Crippen molar-refractivity contribution in [1.29, 1.82) is 0 Å². The molecule has 0 saturated carbocycles. The minimum absolute atomic E-state index is 0.207. The van der Waals surface area contributed by atoms with Gasteiger partial charge < -0.3 is 20.7 Å². The van der Waals surface area contributed by atoms with Crippen LogP contribution >= 0.6 is 11.8 Å². The van der Waals surface area contributed by atoms with Crippen molar-refractivity contribution < 1.29 is 34.1 Å². The number of carbonyl (C=O) groups is 4. The van der Waals surface area contributed by atoms with Gasteiger partial charge in [0.1, 0.15) is 23.7 Å². The second kappa shape index (κ2) is 6.36. The van der Waals surface area contributed by atoms with Crippen molar-refractivity contribution in [2.75, 3.05) is 12.4 Å². The fourth-order valence-corrected chi connectivity index (χ4v) is 3.41. The third-order valence-corrected chi connectivity index (χ3v) is 4.60. The first kappa shape index (κ1) is 16.3. The molecule has 2 heterocycles. The Bertz CT molecular complexity index is 574. The molecule has 2 aliphatic heterocycles. The Kier molecular flexibility index (Phi) is 4.71. The van der Waals surface area contributed by atoms with Gasteiger partial charge in [0, 0.05) is 11.3 Å². The van der Waals surface area contributed by atoms with E-state index in [2.05, 4.69) is 0 Å². The minimum Gasteiger partial charge on any atom is -0.481 e. The van der Waals surface area contributed by atoms with Crippen molar-refractivity contribution in [1.82, 2.24) is 4.90 Å². The first-order valence-corrected chi connectivity index (χ1v) is 7.40. The Morgan fingerprint density at radius 1 is 1.32 bits per heavy atom. The number of β-lactam (4-membered cyclic amide) rings is 1. The number of thioether (sulfide) groups is 1. The summed E-state index contributed by atoms with van der Waals surface area (Å²) in [7, 11) is 0. The lowest BCUT2D eigenvalue weighted by atomic mass is 10.0. The third-order valence-electron chi connectivity index (χ3n) is 3.24. The Labute approximate surface area is 129 Å². The van der Waals surface area contributed by atoms with Crippen LogP contribution in [-0.2, 0) is 23.9 Å². The van der Waals surface area contributed by atoms with Gasteiger partial charge in [-0.3, -0.25) is 19.3 Å². The quantitative estimate of drug-likeness (QED) is 0.411. The summed E-state index contributed by atoms with van der Waals surface area (Å²) in [5.41, 5.74) is 5.69. The fourth-order valence-electron chi connectivity index (χ4n) is 2.14. The average molecular weight is 330 g/mol.